The lowest BCUT2D eigenvalue weighted by Crippen LogP contribution is -2.59. The summed E-state index contributed by atoms with van der Waals surface area (Å²) >= 11 is 0. The van der Waals surface area contributed by atoms with Crippen molar-refractivity contribution in [3.63, 3.8) is 0 Å². The van der Waals surface area contributed by atoms with E-state index in [1.54, 1.807) is 0 Å². The van der Waals surface area contributed by atoms with Crippen molar-refractivity contribution in [1.29, 1.82) is 0 Å². The van der Waals surface area contributed by atoms with Crippen LogP contribution in [-0.4, -0.2) is 43.8 Å². The van der Waals surface area contributed by atoms with Gasteiger partial charge in [-0.2, -0.15) is 0 Å². The Morgan fingerprint density at radius 3 is 2.39 bits per heavy atom. The molecule has 0 bridgehead atoms. The van der Waals surface area contributed by atoms with Gasteiger partial charge in [0, 0.05) is 37.0 Å². The van der Waals surface area contributed by atoms with E-state index in [-0.39, 0.29) is 16.7 Å². The number of fused-ring (bicyclic) bond motifs is 6. The van der Waals surface area contributed by atoms with E-state index in [4.69, 9.17) is 18.9 Å². The van der Waals surface area contributed by atoms with E-state index in [0.717, 1.165) is 38.5 Å². The molecule has 3 saturated carbocycles. The van der Waals surface area contributed by atoms with Crippen LogP contribution in [0.1, 0.15) is 58.8 Å². The number of carbonyl (C=O) groups excluding carboxylic acids is 1. The lowest BCUT2D eigenvalue weighted by Gasteiger charge is -2.58. The fourth-order valence-electron chi connectivity index (χ4n) is 8.06. The topological polar surface area (TPSA) is 54.0 Å². The summed E-state index contributed by atoms with van der Waals surface area (Å²) < 4.78 is 24.4. The minimum atomic E-state index is -0.522. The average molecular weight is 389 g/mol. The van der Waals surface area contributed by atoms with Gasteiger partial charge in [0.2, 0.25) is 0 Å². The zero-order chi connectivity index (χ0) is 19.2. The molecule has 0 amide bonds. The summed E-state index contributed by atoms with van der Waals surface area (Å²) in [5.74, 6) is 0.519. The number of rotatable bonds is 0. The van der Waals surface area contributed by atoms with Gasteiger partial charge in [-0.1, -0.05) is 25.5 Å². The standard InChI is InChI=1S/C23H32O5/c1-20-7-8-22(25-9-10-26-22)13-15(20)3-4-16-17-5-6-23(27-11-12-28-23)21(17,2)14-18(24)19(16)20/h3,16-17,19H,4-14H2,1-2H3/t16-,17-,19+,20+,21+/m1/s1. The Balaban J connectivity index is 1.36. The molecule has 0 unspecified atom stereocenters. The molecule has 5 heteroatoms. The zero-order valence-electron chi connectivity index (χ0n) is 17.1. The van der Waals surface area contributed by atoms with Crippen LogP contribution < -0.4 is 0 Å². The fourth-order valence-corrected chi connectivity index (χ4v) is 8.06. The molecule has 6 aliphatic rings. The summed E-state index contributed by atoms with van der Waals surface area (Å²) in [5, 5.41) is 0. The molecule has 28 heavy (non-hydrogen) atoms. The van der Waals surface area contributed by atoms with Crippen LogP contribution in [0.5, 0.6) is 0 Å². The van der Waals surface area contributed by atoms with E-state index < -0.39 is 11.6 Å². The lowest BCUT2D eigenvalue weighted by molar-refractivity contribution is -0.239. The first-order chi connectivity index (χ1) is 13.4. The van der Waals surface area contributed by atoms with Crippen molar-refractivity contribution in [1.82, 2.24) is 0 Å². The molecule has 154 valence electrons. The maximum absolute atomic E-state index is 13.7. The number of Topliss-reactive ketones (excluding diaryl/α,β-unsaturated/α-hetero) is 1. The van der Waals surface area contributed by atoms with Gasteiger partial charge in [0.1, 0.15) is 5.78 Å². The minimum absolute atomic E-state index is 0.0466. The summed E-state index contributed by atoms with van der Waals surface area (Å²) in [6, 6.07) is 0. The van der Waals surface area contributed by atoms with Crippen molar-refractivity contribution in [2.24, 2.45) is 28.6 Å². The second kappa shape index (κ2) is 5.69. The molecule has 5 nitrogen and oxygen atoms in total. The van der Waals surface area contributed by atoms with E-state index in [0.29, 0.717) is 50.5 Å². The van der Waals surface area contributed by atoms with Crippen LogP contribution in [0.3, 0.4) is 0 Å². The van der Waals surface area contributed by atoms with Crippen LogP contribution in [0.4, 0.5) is 0 Å². The number of hydrogen-bond acceptors (Lipinski definition) is 5. The first-order valence-corrected chi connectivity index (χ1v) is 11.2. The molecule has 0 aromatic carbocycles. The minimum Gasteiger partial charge on any atom is -0.347 e. The highest BCUT2D eigenvalue weighted by Gasteiger charge is 2.69. The first kappa shape index (κ1) is 18.1. The van der Waals surface area contributed by atoms with Crippen LogP contribution in [-0.2, 0) is 23.7 Å². The van der Waals surface area contributed by atoms with Crippen molar-refractivity contribution >= 4 is 5.78 Å². The van der Waals surface area contributed by atoms with E-state index in [9.17, 15) is 4.79 Å². The second-order valence-electron chi connectivity index (χ2n) is 10.5. The highest BCUT2D eigenvalue weighted by atomic mass is 16.7. The van der Waals surface area contributed by atoms with E-state index in [2.05, 4.69) is 19.9 Å². The molecular weight excluding hydrogens is 356 g/mol. The SMILES string of the molecule is C[C@]12CCC3(CC1=CC[C@H]1[C@H]2C(=O)C[C@@]2(C)[C@@H]1CCC21OCCO1)OCCO3. The third kappa shape index (κ3) is 2.09. The van der Waals surface area contributed by atoms with Gasteiger partial charge in [0.05, 0.1) is 26.4 Å². The molecular formula is C23H32O5. The Hall–Kier alpha value is -0.750. The van der Waals surface area contributed by atoms with Gasteiger partial charge in [-0.05, 0) is 36.5 Å². The molecule has 0 N–H and O–H groups in total. The number of allylic oxidation sites excluding steroid dienone is 1. The molecule has 0 aromatic heterocycles. The summed E-state index contributed by atoms with van der Waals surface area (Å²) in [6.45, 7) is 7.31. The fraction of sp³-hybridized carbons (Fsp3) is 0.870. The van der Waals surface area contributed by atoms with Gasteiger partial charge >= 0.3 is 0 Å². The van der Waals surface area contributed by atoms with Gasteiger partial charge < -0.3 is 18.9 Å². The smallest absolute Gasteiger partial charge is 0.174 e. The van der Waals surface area contributed by atoms with Gasteiger partial charge in [-0.25, -0.2) is 0 Å². The normalized spacial score (nSPS) is 48.4. The Kier molecular flexibility index (Phi) is 3.67. The van der Waals surface area contributed by atoms with Crippen LogP contribution >= 0.6 is 0 Å². The second-order valence-corrected chi connectivity index (χ2v) is 10.5. The molecule has 2 heterocycles. The molecule has 6 rings (SSSR count). The summed E-state index contributed by atoms with van der Waals surface area (Å²) in [7, 11) is 0. The number of ketones is 1. The number of ether oxygens (including phenoxy) is 4. The highest BCUT2D eigenvalue weighted by molar-refractivity contribution is 5.85. The van der Waals surface area contributed by atoms with Crippen LogP contribution in [0.25, 0.3) is 0 Å². The monoisotopic (exact) mass is 388 g/mol. The first-order valence-electron chi connectivity index (χ1n) is 11.2. The van der Waals surface area contributed by atoms with Gasteiger partial charge in [-0.3, -0.25) is 4.79 Å². The summed E-state index contributed by atoms with van der Waals surface area (Å²) in [5.41, 5.74) is 1.17. The van der Waals surface area contributed by atoms with Crippen LogP contribution in [0.15, 0.2) is 11.6 Å². The van der Waals surface area contributed by atoms with Crippen LogP contribution in [0.2, 0.25) is 0 Å². The lowest BCUT2D eigenvalue weighted by atomic mass is 9.47. The summed E-state index contributed by atoms with van der Waals surface area (Å²) in [4.78, 5) is 13.7. The van der Waals surface area contributed by atoms with Gasteiger partial charge in [0.15, 0.2) is 11.6 Å². The van der Waals surface area contributed by atoms with Crippen molar-refractivity contribution in [2.75, 3.05) is 26.4 Å². The number of hydrogen-bond donors (Lipinski definition) is 0. The van der Waals surface area contributed by atoms with Crippen molar-refractivity contribution in [3.05, 3.63) is 11.6 Å². The molecule has 5 fully saturated rings. The third-order valence-electron chi connectivity index (χ3n) is 9.42. The number of carbonyl (C=O) groups is 1. The highest BCUT2D eigenvalue weighted by Crippen LogP contribution is 2.68. The van der Waals surface area contributed by atoms with Crippen molar-refractivity contribution in [3.8, 4) is 0 Å². The molecule has 0 radical (unpaired) electrons. The molecule has 0 aromatic rings. The Morgan fingerprint density at radius 1 is 0.929 bits per heavy atom. The van der Waals surface area contributed by atoms with Gasteiger partial charge in [0.25, 0.3) is 0 Å². The largest absolute Gasteiger partial charge is 0.347 e. The molecule has 2 aliphatic heterocycles. The predicted octanol–water partition coefficient (Wildman–Crippen LogP) is 3.61. The van der Waals surface area contributed by atoms with Crippen molar-refractivity contribution < 1.29 is 23.7 Å². The van der Waals surface area contributed by atoms with Crippen LogP contribution in [0, 0.1) is 28.6 Å². The summed E-state index contributed by atoms with van der Waals surface area (Å²) in [6.07, 6.45) is 8.78. The quantitative estimate of drug-likeness (QED) is 0.594. The third-order valence-corrected chi connectivity index (χ3v) is 9.42. The molecule has 2 spiro atoms. The Bertz CT molecular complexity index is 731. The average Bonchev–Trinajstić information content (AvgIpc) is 3.38. The maximum atomic E-state index is 13.7. The Morgan fingerprint density at radius 2 is 1.64 bits per heavy atom. The van der Waals surface area contributed by atoms with Gasteiger partial charge in [-0.15, -0.1) is 0 Å². The van der Waals surface area contributed by atoms with E-state index in [1.165, 1.54) is 5.57 Å². The maximum Gasteiger partial charge on any atom is 0.174 e. The molecule has 5 atom stereocenters. The van der Waals surface area contributed by atoms with Crippen molar-refractivity contribution in [2.45, 2.75) is 70.4 Å². The molecule has 4 aliphatic carbocycles. The van der Waals surface area contributed by atoms with E-state index in [1.807, 2.05) is 0 Å². The van der Waals surface area contributed by atoms with E-state index >= 15 is 0 Å². The Labute approximate surface area is 167 Å². The predicted molar refractivity (Wildman–Crippen MR) is 101 cm³/mol. The molecule has 2 saturated heterocycles. The zero-order valence-corrected chi connectivity index (χ0v) is 17.1.